The number of rotatable bonds is 7. The molecule has 1 fully saturated rings. The van der Waals surface area contributed by atoms with Crippen LogP contribution in [0.4, 0.5) is 4.39 Å². The molecule has 0 heterocycles. The lowest BCUT2D eigenvalue weighted by Gasteiger charge is -2.58. The van der Waals surface area contributed by atoms with Crippen molar-refractivity contribution < 1.29 is 28.6 Å². The van der Waals surface area contributed by atoms with Gasteiger partial charge in [-0.3, -0.25) is 4.79 Å². The first-order valence-electron chi connectivity index (χ1n) is 7.77. The van der Waals surface area contributed by atoms with Gasteiger partial charge >= 0.3 is 5.97 Å². The van der Waals surface area contributed by atoms with E-state index in [1.165, 1.54) is 24.3 Å². The second-order valence-electron chi connectivity index (χ2n) is 6.37. The number of aliphatic carboxylic acids is 1. The van der Waals surface area contributed by atoms with Gasteiger partial charge in [0.15, 0.2) is 6.61 Å². The predicted molar refractivity (Wildman–Crippen MR) is 84.2 cm³/mol. The summed E-state index contributed by atoms with van der Waals surface area (Å²) in [5.74, 6) is -1.73. The monoisotopic (exact) mass is 339 g/mol. The lowest BCUT2D eigenvalue weighted by atomic mass is 9.54. The van der Waals surface area contributed by atoms with Crippen molar-refractivity contribution in [3.63, 3.8) is 0 Å². The minimum absolute atomic E-state index is 0.200. The molecule has 24 heavy (non-hydrogen) atoms. The highest BCUT2D eigenvalue weighted by molar-refractivity contribution is 5.90. The standard InChI is InChI=1S/C17H22FNO5/c1-4-23-13-9-17(15(21)22,16(13,2)3)19-14(20)10-24-12-7-5-11(18)6-8-12/h5-8,13H,4,9-10H2,1-3H3,(H,19,20)(H,21,22). The number of amides is 1. The fraction of sp³-hybridized carbons (Fsp3) is 0.529. The van der Waals surface area contributed by atoms with Crippen LogP contribution in [0.15, 0.2) is 24.3 Å². The summed E-state index contributed by atoms with van der Waals surface area (Å²) in [5.41, 5.74) is -2.14. The molecule has 0 radical (unpaired) electrons. The molecule has 132 valence electrons. The van der Waals surface area contributed by atoms with Crippen LogP contribution < -0.4 is 10.1 Å². The number of halogens is 1. The smallest absolute Gasteiger partial charge is 0.330 e. The Morgan fingerprint density at radius 3 is 2.46 bits per heavy atom. The minimum Gasteiger partial charge on any atom is -0.484 e. The zero-order valence-electron chi connectivity index (χ0n) is 14.0. The number of hydrogen-bond donors (Lipinski definition) is 2. The third-order valence-electron chi connectivity index (χ3n) is 4.67. The average Bonchev–Trinajstić information content (AvgIpc) is 2.52. The molecule has 1 aliphatic rings. The Balaban J connectivity index is 2.00. The number of carboxylic acid groups (broad SMARTS) is 1. The molecule has 0 bridgehead atoms. The highest BCUT2D eigenvalue weighted by Crippen LogP contribution is 2.51. The van der Waals surface area contributed by atoms with Crippen molar-refractivity contribution in [2.75, 3.05) is 13.2 Å². The predicted octanol–water partition coefficient (Wildman–Crippen LogP) is 1.98. The molecule has 1 amide bonds. The SMILES string of the molecule is CCOC1CC(NC(=O)COc2ccc(F)cc2)(C(=O)O)C1(C)C. The van der Waals surface area contributed by atoms with Gasteiger partial charge in [-0.15, -0.1) is 0 Å². The summed E-state index contributed by atoms with van der Waals surface area (Å²) in [7, 11) is 0. The number of carbonyl (C=O) groups is 2. The van der Waals surface area contributed by atoms with Gasteiger partial charge in [0.25, 0.3) is 5.91 Å². The summed E-state index contributed by atoms with van der Waals surface area (Å²) in [6.45, 7) is 5.48. The number of ether oxygens (including phenoxy) is 2. The third-order valence-corrected chi connectivity index (χ3v) is 4.67. The van der Waals surface area contributed by atoms with Crippen LogP contribution in [0.5, 0.6) is 5.75 Å². The van der Waals surface area contributed by atoms with Crippen molar-refractivity contribution in [2.45, 2.75) is 38.8 Å². The van der Waals surface area contributed by atoms with Crippen LogP contribution in [0, 0.1) is 11.2 Å². The molecular weight excluding hydrogens is 317 g/mol. The van der Waals surface area contributed by atoms with E-state index in [2.05, 4.69) is 5.32 Å². The van der Waals surface area contributed by atoms with Gasteiger partial charge in [-0.2, -0.15) is 0 Å². The van der Waals surface area contributed by atoms with Crippen LogP contribution in [0.3, 0.4) is 0 Å². The van der Waals surface area contributed by atoms with Gasteiger partial charge in [0.2, 0.25) is 0 Å². The second kappa shape index (κ2) is 6.76. The topological polar surface area (TPSA) is 84.9 Å². The Morgan fingerprint density at radius 2 is 1.96 bits per heavy atom. The Labute approximate surface area is 139 Å². The second-order valence-corrected chi connectivity index (χ2v) is 6.37. The molecule has 0 aliphatic heterocycles. The molecule has 6 nitrogen and oxygen atoms in total. The molecule has 7 heteroatoms. The molecule has 1 aromatic rings. The molecule has 0 aromatic heterocycles. The molecule has 0 saturated heterocycles. The molecule has 2 atom stereocenters. The first-order chi connectivity index (χ1) is 11.2. The zero-order chi connectivity index (χ0) is 18.0. The molecule has 2 unspecified atom stereocenters. The van der Waals surface area contributed by atoms with Gasteiger partial charge in [-0.05, 0) is 31.2 Å². The number of carbonyl (C=O) groups excluding carboxylic acids is 1. The number of hydrogen-bond acceptors (Lipinski definition) is 4. The van der Waals surface area contributed by atoms with E-state index >= 15 is 0 Å². The van der Waals surface area contributed by atoms with E-state index in [9.17, 15) is 19.1 Å². The van der Waals surface area contributed by atoms with E-state index in [1.807, 2.05) is 6.92 Å². The number of nitrogens with one attached hydrogen (secondary N) is 1. The highest BCUT2D eigenvalue weighted by Gasteiger charge is 2.66. The first-order valence-corrected chi connectivity index (χ1v) is 7.77. The molecule has 1 aliphatic carbocycles. The van der Waals surface area contributed by atoms with Crippen molar-refractivity contribution in [3.05, 3.63) is 30.1 Å². The largest absolute Gasteiger partial charge is 0.484 e. The lowest BCUT2D eigenvalue weighted by Crippen LogP contribution is -2.76. The molecule has 2 rings (SSSR count). The zero-order valence-corrected chi connectivity index (χ0v) is 14.0. The Bertz CT molecular complexity index is 616. The summed E-state index contributed by atoms with van der Waals surface area (Å²) in [6.07, 6.45) is -0.0391. The molecule has 1 saturated carbocycles. The highest BCUT2D eigenvalue weighted by atomic mass is 19.1. The van der Waals surface area contributed by atoms with Gasteiger partial charge in [-0.25, -0.2) is 9.18 Å². The number of benzene rings is 1. The van der Waals surface area contributed by atoms with E-state index in [1.54, 1.807) is 13.8 Å². The maximum Gasteiger partial charge on any atom is 0.330 e. The van der Waals surface area contributed by atoms with Crippen LogP contribution in [-0.2, 0) is 14.3 Å². The summed E-state index contributed by atoms with van der Waals surface area (Å²) in [6, 6.07) is 5.23. The molecule has 1 aromatic carbocycles. The van der Waals surface area contributed by atoms with E-state index in [4.69, 9.17) is 9.47 Å². The van der Waals surface area contributed by atoms with Gasteiger partial charge in [0.1, 0.15) is 17.1 Å². The lowest BCUT2D eigenvalue weighted by molar-refractivity contribution is -0.194. The van der Waals surface area contributed by atoms with Crippen molar-refractivity contribution in [3.8, 4) is 5.75 Å². The van der Waals surface area contributed by atoms with Crippen LogP contribution in [0.1, 0.15) is 27.2 Å². The number of carboxylic acids is 1. The van der Waals surface area contributed by atoms with Crippen molar-refractivity contribution >= 4 is 11.9 Å². The fourth-order valence-electron chi connectivity index (χ4n) is 2.99. The maximum absolute atomic E-state index is 12.8. The first kappa shape index (κ1) is 18.2. The van der Waals surface area contributed by atoms with E-state index in [0.29, 0.717) is 12.4 Å². The summed E-state index contributed by atoms with van der Waals surface area (Å²) in [5, 5.41) is 12.2. The molecular formula is C17H22FNO5. The minimum atomic E-state index is -1.39. The molecule has 0 spiro atoms. The van der Waals surface area contributed by atoms with Gasteiger partial charge < -0.3 is 19.9 Å². The third kappa shape index (κ3) is 3.21. The average molecular weight is 339 g/mol. The van der Waals surface area contributed by atoms with Crippen LogP contribution in [-0.4, -0.2) is 41.8 Å². The Kier molecular flexibility index (Phi) is 5.13. The van der Waals surface area contributed by atoms with Gasteiger partial charge in [0.05, 0.1) is 6.10 Å². The summed E-state index contributed by atoms with van der Waals surface area (Å²) in [4.78, 5) is 23.9. The Hall–Kier alpha value is -2.15. The normalized spacial score (nSPS) is 24.8. The fourth-order valence-corrected chi connectivity index (χ4v) is 2.99. The van der Waals surface area contributed by atoms with Crippen LogP contribution in [0.25, 0.3) is 0 Å². The van der Waals surface area contributed by atoms with E-state index in [-0.39, 0.29) is 19.1 Å². The van der Waals surface area contributed by atoms with Crippen molar-refractivity contribution in [1.82, 2.24) is 5.32 Å². The van der Waals surface area contributed by atoms with E-state index in [0.717, 1.165) is 0 Å². The maximum atomic E-state index is 12.8. The van der Waals surface area contributed by atoms with Gasteiger partial charge in [-0.1, -0.05) is 13.8 Å². The van der Waals surface area contributed by atoms with Crippen molar-refractivity contribution in [1.29, 1.82) is 0 Å². The van der Waals surface area contributed by atoms with Crippen LogP contribution in [0.2, 0.25) is 0 Å². The Morgan fingerprint density at radius 1 is 1.33 bits per heavy atom. The van der Waals surface area contributed by atoms with E-state index < -0.39 is 28.6 Å². The summed E-state index contributed by atoms with van der Waals surface area (Å²) < 4.78 is 23.6. The van der Waals surface area contributed by atoms with Crippen LogP contribution >= 0.6 is 0 Å². The van der Waals surface area contributed by atoms with Crippen molar-refractivity contribution in [2.24, 2.45) is 5.41 Å². The summed E-state index contributed by atoms with van der Waals surface area (Å²) >= 11 is 0. The quantitative estimate of drug-likeness (QED) is 0.793. The van der Waals surface area contributed by atoms with Gasteiger partial charge in [0, 0.05) is 18.4 Å². The molecule has 2 N–H and O–H groups in total.